The molecule has 0 saturated carbocycles. The second kappa shape index (κ2) is 6.86. The van der Waals surface area contributed by atoms with E-state index >= 15 is 0 Å². The number of rotatable bonds is 4. The number of amides is 1. The summed E-state index contributed by atoms with van der Waals surface area (Å²) >= 11 is 4.81. The van der Waals surface area contributed by atoms with Crippen LogP contribution < -0.4 is 5.32 Å². The molecule has 128 valence electrons. The molecule has 0 atom stereocenters. The molecule has 1 amide bonds. The van der Waals surface area contributed by atoms with Crippen molar-refractivity contribution in [2.75, 3.05) is 5.32 Å². The number of carbonyl (C=O) groups is 2. The lowest BCUT2D eigenvalue weighted by Gasteiger charge is -2.03. The van der Waals surface area contributed by atoms with Gasteiger partial charge in [-0.15, -0.1) is 11.3 Å². The molecule has 0 fully saturated rings. The highest BCUT2D eigenvalue weighted by atomic mass is 79.9. The molecule has 3 aromatic heterocycles. The number of hydrogen-bond acceptors (Lipinski definition) is 4. The van der Waals surface area contributed by atoms with Crippen LogP contribution in [0, 0.1) is 0 Å². The minimum Gasteiger partial charge on any atom is -0.319 e. The third-order valence-electron chi connectivity index (χ3n) is 3.90. The molecule has 1 aromatic carbocycles. The fourth-order valence-corrected chi connectivity index (χ4v) is 3.88. The molecule has 0 bridgehead atoms. The molecule has 0 saturated heterocycles. The molecule has 26 heavy (non-hydrogen) atoms. The zero-order valence-electron chi connectivity index (χ0n) is 13.3. The molecule has 0 unspecified atom stereocenters. The van der Waals surface area contributed by atoms with Crippen molar-refractivity contribution < 1.29 is 9.59 Å². The molecule has 4 aromatic rings. The number of fused-ring (bicyclic) bond motifs is 1. The van der Waals surface area contributed by atoms with Crippen LogP contribution in [0.25, 0.3) is 16.0 Å². The van der Waals surface area contributed by atoms with Crippen molar-refractivity contribution in [2.45, 2.75) is 0 Å². The summed E-state index contributed by atoms with van der Waals surface area (Å²) in [6, 6.07) is 15.0. The van der Waals surface area contributed by atoms with Gasteiger partial charge in [-0.2, -0.15) is 5.10 Å². The Morgan fingerprint density at radius 3 is 2.73 bits per heavy atom. The number of nitrogens with zero attached hydrogens (tertiary/aromatic N) is 2. The van der Waals surface area contributed by atoms with Crippen LogP contribution >= 0.6 is 27.3 Å². The van der Waals surface area contributed by atoms with Gasteiger partial charge in [-0.25, -0.2) is 4.52 Å². The summed E-state index contributed by atoms with van der Waals surface area (Å²) < 4.78 is 2.60. The van der Waals surface area contributed by atoms with Crippen LogP contribution in [0.15, 0.2) is 64.6 Å². The number of pyridine rings is 1. The molecule has 3 heterocycles. The predicted molar refractivity (Wildman–Crippen MR) is 106 cm³/mol. The Balaban J connectivity index is 1.64. The van der Waals surface area contributed by atoms with E-state index in [0.717, 1.165) is 26.7 Å². The smallest absolute Gasteiger partial charge is 0.276 e. The minimum absolute atomic E-state index is 0.296. The van der Waals surface area contributed by atoms with Crippen molar-refractivity contribution in [1.82, 2.24) is 9.61 Å². The summed E-state index contributed by atoms with van der Waals surface area (Å²) in [7, 11) is 0. The third kappa shape index (κ3) is 3.07. The number of aldehydes is 1. The lowest BCUT2D eigenvalue weighted by molar-refractivity contribution is 0.102. The second-order valence-electron chi connectivity index (χ2n) is 5.57. The third-order valence-corrected chi connectivity index (χ3v) is 5.48. The molecule has 7 heteroatoms. The first-order chi connectivity index (χ1) is 12.7. The fourth-order valence-electron chi connectivity index (χ4n) is 2.64. The van der Waals surface area contributed by atoms with Gasteiger partial charge >= 0.3 is 0 Å². The van der Waals surface area contributed by atoms with Crippen molar-refractivity contribution in [2.24, 2.45) is 0 Å². The summed E-state index contributed by atoms with van der Waals surface area (Å²) in [6.45, 7) is 0. The summed E-state index contributed by atoms with van der Waals surface area (Å²) in [5.41, 5.74) is 3.01. The van der Waals surface area contributed by atoms with Gasteiger partial charge in [0.05, 0.1) is 16.8 Å². The zero-order valence-corrected chi connectivity index (χ0v) is 15.8. The number of anilines is 1. The van der Waals surface area contributed by atoms with Gasteiger partial charge in [0, 0.05) is 20.9 Å². The van der Waals surface area contributed by atoms with Crippen molar-refractivity contribution in [3.63, 3.8) is 0 Å². The summed E-state index contributed by atoms with van der Waals surface area (Å²) in [5, 5.41) is 8.82. The molecule has 4 rings (SSSR count). The number of aromatic nitrogens is 2. The van der Waals surface area contributed by atoms with E-state index in [1.807, 2.05) is 42.5 Å². The average Bonchev–Trinajstić information content (AvgIpc) is 3.26. The highest BCUT2D eigenvalue weighted by Gasteiger charge is 2.17. The van der Waals surface area contributed by atoms with Crippen molar-refractivity contribution in [3.8, 4) is 10.4 Å². The molecular weight excluding hydrogens is 414 g/mol. The number of halogens is 1. The molecule has 0 aliphatic heterocycles. The number of thiophene rings is 1. The van der Waals surface area contributed by atoms with Gasteiger partial charge in [0.15, 0.2) is 12.0 Å². The molecule has 5 nitrogen and oxygen atoms in total. The van der Waals surface area contributed by atoms with E-state index in [4.69, 9.17) is 0 Å². The first kappa shape index (κ1) is 16.7. The maximum Gasteiger partial charge on any atom is 0.276 e. The van der Waals surface area contributed by atoms with Gasteiger partial charge in [-0.1, -0.05) is 34.1 Å². The van der Waals surface area contributed by atoms with Crippen molar-refractivity contribution >= 4 is 50.7 Å². The lowest BCUT2D eigenvalue weighted by Crippen LogP contribution is -2.13. The SMILES string of the molecule is O=Cc1c(NC(=O)c2cc3ccccn3n2)csc1-c1ccc(Br)cc1. The lowest BCUT2D eigenvalue weighted by atomic mass is 10.1. The van der Waals surface area contributed by atoms with Gasteiger partial charge in [-0.3, -0.25) is 9.59 Å². The van der Waals surface area contributed by atoms with Crippen LogP contribution in [0.4, 0.5) is 5.69 Å². The molecule has 0 radical (unpaired) electrons. The molecule has 0 aliphatic carbocycles. The van der Waals surface area contributed by atoms with Gasteiger partial charge in [0.25, 0.3) is 5.91 Å². The number of hydrogen-bond donors (Lipinski definition) is 1. The summed E-state index contributed by atoms with van der Waals surface area (Å²) in [5.74, 6) is -0.350. The van der Waals surface area contributed by atoms with E-state index in [-0.39, 0.29) is 5.91 Å². The largest absolute Gasteiger partial charge is 0.319 e. The molecule has 0 aliphatic rings. The van der Waals surface area contributed by atoms with Gasteiger partial charge in [0.1, 0.15) is 0 Å². The summed E-state index contributed by atoms with van der Waals surface area (Å²) in [4.78, 5) is 25.0. The van der Waals surface area contributed by atoms with Crippen LogP contribution in [-0.2, 0) is 0 Å². The molecule has 1 N–H and O–H groups in total. The van der Waals surface area contributed by atoms with Crippen LogP contribution in [0.5, 0.6) is 0 Å². The minimum atomic E-state index is -0.350. The van der Waals surface area contributed by atoms with Crippen LogP contribution in [0.2, 0.25) is 0 Å². The standard InChI is InChI=1S/C19H12BrN3O2S/c20-13-6-4-12(5-7-13)18-15(10-24)17(11-26-18)21-19(25)16-9-14-3-1-2-8-23(14)22-16/h1-11H,(H,21,25). The number of nitrogens with one attached hydrogen (secondary N) is 1. The van der Waals surface area contributed by atoms with E-state index in [2.05, 4.69) is 26.3 Å². The molecular formula is C19H12BrN3O2S. The highest BCUT2D eigenvalue weighted by Crippen LogP contribution is 2.35. The first-order valence-electron chi connectivity index (χ1n) is 7.74. The van der Waals surface area contributed by atoms with Crippen LogP contribution in [0.3, 0.4) is 0 Å². The Morgan fingerprint density at radius 2 is 2.00 bits per heavy atom. The number of carbonyl (C=O) groups excluding carboxylic acids is 2. The van der Waals surface area contributed by atoms with E-state index in [0.29, 0.717) is 16.9 Å². The van der Waals surface area contributed by atoms with E-state index < -0.39 is 0 Å². The van der Waals surface area contributed by atoms with E-state index in [1.54, 1.807) is 22.2 Å². The summed E-state index contributed by atoms with van der Waals surface area (Å²) in [6.07, 6.45) is 2.55. The normalized spacial score (nSPS) is 10.8. The maximum atomic E-state index is 12.5. The van der Waals surface area contributed by atoms with Crippen LogP contribution in [-0.4, -0.2) is 21.8 Å². The van der Waals surface area contributed by atoms with E-state index in [9.17, 15) is 9.59 Å². The fraction of sp³-hybridized carbons (Fsp3) is 0. The van der Waals surface area contributed by atoms with Crippen molar-refractivity contribution in [1.29, 1.82) is 0 Å². The van der Waals surface area contributed by atoms with Gasteiger partial charge < -0.3 is 5.32 Å². The Bertz CT molecular complexity index is 1080. The monoisotopic (exact) mass is 425 g/mol. The number of benzene rings is 1. The topological polar surface area (TPSA) is 63.5 Å². The Labute approximate surface area is 161 Å². The Hall–Kier alpha value is -2.77. The van der Waals surface area contributed by atoms with Gasteiger partial charge in [0.2, 0.25) is 0 Å². The Morgan fingerprint density at radius 1 is 1.19 bits per heavy atom. The predicted octanol–water partition coefficient (Wildman–Crippen LogP) is 4.89. The first-order valence-corrected chi connectivity index (χ1v) is 9.41. The van der Waals surface area contributed by atoms with Crippen molar-refractivity contribution in [3.05, 3.63) is 75.8 Å². The van der Waals surface area contributed by atoms with Crippen LogP contribution in [0.1, 0.15) is 20.8 Å². The highest BCUT2D eigenvalue weighted by molar-refractivity contribution is 9.10. The average molecular weight is 426 g/mol. The maximum absolute atomic E-state index is 12.5. The molecule has 0 spiro atoms. The second-order valence-corrected chi connectivity index (χ2v) is 7.37. The van der Waals surface area contributed by atoms with E-state index in [1.165, 1.54) is 11.3 Å². The Kier molecular flexibility index (Phi) is 4.40. The zero-order chi connectivity index (χ0) is 18.1. The van der Waals surface area contributed by atoms with Gasteiger partial charge in [-0.05, 0) is 35.9 Å². The quantitative estimate of drug-likeness (QED) is 0.473.